The first-order valence-electron chi connectivity index (χ1n) is 21.4. The van der Waals surface area contributed by atoms with Gasteiger partial charge in [-0.3, -0.25) is 29.1 Å². The highest BCUT2D eigenvalue weighted by Crippen LogP contribution is 2.14. The Morgan fingerprint density at radius 2 is 0.661 bits per heavy atom. The number of hydrogen-bond donors (Lipinski definition) is 1. The minimum absolute atomic E-state index is 0.124. The SMILES string of the molecule is CC(C)(C)OC(=O)CN1CCN(CCCCCCCCCCCCNC(=O)OC(C)(C)C)CCN(CC(=O)OC(C)(C)C)CCN(CC(=O)OC(C)(C)C)CC1. The van der Waals surface area contributed by atoms with Crippen molar-refractivity contribution in [1.82, 2.24) is 24.9 Å². The Balaban J connectivity index is 2.78. The Labute approximate surface area is 341 Å². The third kappa shape index (κ3) is 30.6. The molecule has 0 atom stereocenters. The minimum atomic E-state index is -0.593. The fraction of sp³-hybridized carbons (Fsp3) is 0.907. The van der Waals surface area contributed by atoms with E-state index in [0.29, 0.717) is 45.8 Å². The number of nitrogens with zero attached hydrogens (tertiary/aromatic N) is 4. The molecule has 1 N–H and O–H groups in total. The van der Waals surface area contributed by atoms with E-state index < -0.39 is 22.4 Å². The molecule has 0 radical (unpaired) electrons. The average molecular weight is 798 g/mol. The molecule has 1 aliphatic rings. The monoisotopic (exact) mass is 798 g/mol. The summed E-state index contributed by atoms with van der Waals surface area (Å²) in [6, 6.07) is 0. The van der Waals surface area contributed by atoms with Crippen LogP contribution in [-0.2, 0) is 33.3 Å². The normalized spacial score (nSPS) is 16.7. The Bertz CT molecular complexity index is 1090. The molecule has 56 heavy (non-hydrogen) atoms. The quantitative estimate of drug-likeness (QED) is 0.0853. The van der Waals surface area contributed by atoms with Gasteiger partial charge < -0.3 is 29.2 Å². The summed E-state index contributed by atoms with van der Waals surface area (Å²) in [7, 11) is 0. The van der Waals surface area contributed by atoms with Gasteiger partial charge in [-0.2, -0.15) is 0 Å². The van der Waals surface area contributed by atoms with Crippen molar-refractivity contribution in [3.63, 3.8) is 0 Å². The molecule has 1 amide bonds. The number of nitrogens with one attached hydrogen (secondary N) is 1. The van der Waals surface area contributed by atoms with Gasteiger partial charge in [-0.1, -0.05) is 51.4 Å². The molecule has 328 valence electrons. The lowest BCUT2D eigenvalue weighted by Gasteiger charge is -2.34. The van der Waals surface area contributed by atoms with Crippen molar-refractivity contribution >= 4 is 24.0 Å². The van der Waals surface area contributed by atoms with Crippen LogP contribution in [0.1, 0.15) is 147 Å². The molecule has 0 bridgehead atoms. The lowest BCUT2D eigenvalue weighted by Crippen LogP contribution is -2.49. The van der Waals surface area contributed by atoms with Crippen LogP contribution in [0.25, 0.3) is 0 Å². The van der Waals surface area contributed by atoms with Crippen molar-refractivity contribution in [2.24, 2.45) is 0 Å². The average Bonchev–Trinajstić information content (AvgIpc) is 3.00. The second-order valence-corrected chi connectivity index (χ2v) is 19.4. The van der Waals surface area contributed by atoms with Crippen molar-refractivity contribution in [3.05, 3.63) is 0 Å². The largest absolute Gasteiger partial charge is 0.459 e. The van der Waals surface area contributed by atoms with Gasteiger partial charge in [0.1, 0.15) is 22.4 Å². The maximum atomic E-state index is 13.0. The number of hydrogen-bond acceptors (Lipinski definition) is 12. The smallest absolute Gasteiger partial charge is 0.407 e. The highest BCUT2D eigenvalue weighted by atomic mass is 16.6. The molecule has 1 saturated heterocycles. The molecule has 0 aliphatic carbocycles. The second-order valence-electron chi connectivity index (χ2n) is 19.4. The fourth-order valence-corrected chi connectivity index (χ4v) is 6.32. The van der Waals surface area contributed by atoms with Crippen molar-refractivity contribution in [3.8, 4) is 0 Å². The van der Waals surface area contributed by atoms with Crippen LogP contribution < -0.4 is 5.32 Å². The van der Waals surface area contributed by atoms with E-state index >= 15 is 0 Å². The van der Waals surface area contributed by atoms with Gasteiger partial charge in [0.15, 0.2) is 0 Å². The maximum Gasteiger partial charge on any atom is 0.407 e. The molecule has 1 fully saturated rings. The van der Waals surface area contributed by atoms with E-state index in [1.54, 1.807) is 0 Å². The number of unbranched alkanes of at least 4 members (excludes halogenated alkanes) is 9. The summed E-state index contributed by atoms with van der Waals surface area (Å²) in [6.45, 7) is 29.8. The summed E-state index contributed by atoms with van der Waals surface area (Å²) < 4.78 is 22.3. The number of carbonyl (C=O) groups excluding carboxylic acids is 4. The summed E-state index contributed by atoms with van der Waals surface area (Å²) in [4.78, 5) is 59.4. The van der Waals surface area contributed by atoms with Crippen molar-refractivity contribution in [2.75, 3.05) is 85.1 Å². The van der Waals surface area contributed by atoms with E-state index in [-0.39, 0.29) is 43.6 Å². The van der Waals surface area contributed by atoms with E-state index in [4.69, 9.17) is 18.9 Å². The van der Waals surface area contributed by atoms with Gasteiger partial charge >= 0.3 is 24.0 Å². The Hall–Kier alpha value is -2.48. The maximum absolute atomic E-state index is 13.0. The zero-order valence-electron chi connectivity index (χ0n) is 37.8. The molecule has 0 saturated carbocycles. The Morgan fingerprint density at radius 3 is 0.964 bits per heavy atom. The third-order valence-electron chi connectivity index (χ3n) is 8.82. The highest BCUT2D eigenvalue weighted by Gasteiger charge is 2.25. The molecule has 1 aliphatic heterocycles. The van der Waals surface area contributed by atoms with Crippen LogP contribution in [0.4, 0.5) is 4.79 Å². The van der Waals surface area contributed by atoms with Gasteiger partial charge in [-0.25, -0.2) is 4.79 Å². The molecule has 13 heteroatoms. The van der Waals surface area contributed by atoms with E-state index in [1.165, 1.54) is 38.5 Å². The molecule has 0 aromatic carbocycles. The molecule has 0 spiro atoms. The van der Waals surface area contributed by atoms with Gasteiger partial charge in [-0.05, 0) is 102 Å². The zero-order valence-corrected chi connectivity index (χ0v) is 37.8. The van der Waals surface area contributed by atoms with Crippen molar-refractivity contribution in [2.45, 2.75) is 170 Å². The summed E-state index contributed by atoms with van der Waals surface area (Å²) in [5.74, 6) is -0.808. The predicted molar refractivity (Wildman–Crippen MR) is 224 cm³/mol. The van der Waals surface area contributed by atoms with Gasteiger partial charge in [-0.15, -0.1) is 0 Å². The van der Waals surface area contributed by atoms with Crippen LogP contribution in [0, 0.1) is 0 Å². The summed E-state index contributed by atoms with van der Waals surface area (Å²) in [5.41, 5.74) is -2.20. The third-order valence-corrected chi connectivity index (χ3v) is 8.82. The Kier molecular flexibility index (Phi) is 23.7. The molecule has 13 nitrogen and oxygen atoms in total. The molecule has 1 heterocycles. The minimum Gasteiger partial charge on any atom is -0.459 e. The van der Waals surface area contributed by atoms with E-state index in [1.807, 2.05) is 83.1 Å². The standard InChI is InChI=1S/C43H83N5O8/c1-40(2,3)53-36(49)33-46-27-25-45(24-22-20-18-16-14-13-15-17-19-21-23-44-39(52)56-43(10,11)12)26-28-47(34-37(50)54-41(4,5)6)30-32-48(31-29-46)35-38(51)55-42(7,8)9/h13-35H2,1-12H3,(H,44,52). The molecular formula is C43H83N5O8. The van der Waals surface area contributed by atoms with Gasteiger partial charge in [0.25, 0.3) is 0 Å². The number of rotatable bonds is 19. The molecular weight excluding hydrogens is 714 g/mol. The van der Waals surface area contributed by atoms with Crippen LogP contribution in [0.2, 0.25) is 0 Å². The summed E-state index contributed by atoms with van der Waals surface area (Å²) in [5, 5.41) is 2.84. The van der Waals surface area contributed by atoms with Crippen LogP contribution in [0.3, 0.4) is 0 Å². The van der Waals surface area contributed by atoms with Crippen LogP contribution >= 0.6 is 0 Å². The number of esters is 3. The van der Waals surface area contributed by atoms with Crippen molar-refractivity contribution < 1.29 is 38.1 Å². The first kappa shape index (κ1) is 51.5. The van der Waals surface area contributed by atoms with Crippen LogP contribution in [0.5, 0.6) is 0 Å². The van der Waals surface area contributed by atoms with E-state index in [2.05, 4.69) is 24.9 Å². The van der Waals surface area contributed by atoms with Crippen LogP contribution in [-0.4, -0.2) is 151 Å². The lowest BCUT2D eigenvalue weighted by molar-refractivity contribution is -0.158. The number of ether oxygens (including phenoxy) is 4. The molecule has 0 aromatic heterocycles. The Morgan fingerprint density at radius 1 is 0.393 bits per heavy atom. The van der Waals surface area contributed by atoms with Crippen molar-refractivity contribution in [1.29, 1.82) is 0 Å². The number of alkyl carbamates (subject to hydrolysis) is 1. The lowest BCUT2D eigenvalue weighted by atomic mass is 10.1. The van der Waals surface area contributed by atoms with E-state index in [0.717, 1.165) is 45.3 Å². The zero-order chi connectivity index (χ0) is 42.4. The topological polar surface area (TPSA) is 130 Å². The van der Waals surface area contributed by atoms with Gasteiger partial charge in [0, 0.05) is 58.9 Å². The van der Waals surface area contributed by atoms with Gasteiger partial charge in [0.05, 0.1) is 19.6 Å². The molecule has 0 aromatic rings. The highest BCUT2D eigenvalue weighted by molar-refractivity contribution is 5.73. The summed E-state index contributed by atoms with van der Waals surface area (Å²) in [6.07, 6.45) is 11.3. The number of amides is 1. The van der Waals surface area contributed by atoms with E-state index in [9.17, 15) is 19.2 Å². The second kappa shape index (κ2) is 25.8. The molecule has 1 rings (SSSR count). The van der Waals surface area contributed by atoms with Gasteiger partial charge in [0.2, 0.25) is 0 Å². The number of carbonyl (C=O) groups is 4. The van der Waals surface area contributed by atoms with Crippen LogP contribution in [0.15, 0.2) is 0 Å². The predicted octanol–water partition coefficient (Wildman–Crippen LogP) is 6.66. The molecule has 0 unspecified atom stereocenters. The first-order chi connectivity index (χ1) is 25.9. The fourth-order valence-electron chi connectivity index (χ4n) is 6.32. The summed E-state index contributed by atoms with van der Waals surface area (Å²) >= 11 is 0. The first-order valence-corrected chi connectivity index (χ1v) is 21.4.